The molecule has 168 valence electrons. The maximum absolute atomic E-state index is 13.0. The molecule has 33 heavy (non-hydrogen) atoms. The molecule has 1 saturated heterocycles. The standard InChI is InChI=1S/C27H29N5O/c1-19-2-4-22(5-3-19)25-16-30-26-17-29-24(18-32(25)26)21-6-8-23(9-7-21)27(33)31-14-11-20(10-13-28)12-15-31/h2-9,16-18,20H,10-15,28H2,1H3. The Kier molecular flexibility index (Phi) is 5.92. The summed E-state index contributed by atoms with van der Waals surface area (Å²) >= 11 is 0. The highest BCUT2D eigenvalue weighted by Gasteiger charge is 2.23. The quantitative estimate of drug-likeness (QED) is 0.494. The van der Waals surface area contributed by atoms with Gasteiger partial charge < -0.3 is 10.6 Å². The van der Waals surface area contributed by atoms with E-state index in [-0.39, 0.29) is 5.91 Å². The van der Waals surface area contributed by atoms with Crippen molar-refractivity contribution >= 4 is 11.6 Å². The van der Waals surface area contributed by atoms with Gasteiger partial charge in [0.25, 0.3) is 5.91 Å². The lowest BCUT2D eigenvalue weighted by Gasteiger charge is -2.32. The molecule has 4 aromatic rings. The zero-order chi connectivity index (χ0) is 22.8. The van der Waals surface area contributed by atoms with Crippen LogP contribution in [-0.2, 0) is 0 Å². The molecular weight excluding hydrogens is 410 g/mol. The first-order valence-corrected chi connectivity index (χ1v) is 11.6. The van der Waals surface area contributed by atoms with Crippen LogP contribution in [0.15, 0.2) is 67.1 Å². The Labute approximate surface area is 194 Å². The minimum absolute atomic E-state index is 0.104. The van der Waals surface area contributed by atoms with E-state index in [1.165, 1.54) is 5.56 Å². The molecular formula is C27H29N5O. The molecule has 0 aliphatic carbocycles. The average Bonchev–Trinajstić information content (AvgIpc) is 3.28. The van der Waals surface area contributed by atoms with Crippen LogP contribution in [-0.4, -0.2) is 44.8 Å². The zero-order valence-corrected chi connectivity index (χ0v) is 18.9. The van der Waals surface area contributed by atoms with E-state index in [1.54, 1.807) is 6.20 Å². The molecule has 0 saturated carbocycles. The molecule has 6 heteroatoms. The molecule has 0 radical (unpaired) electrons. The van der Waals surface area contributed by atoms with Crippen molar-refractivity contribution in [2.45, 2.75) is 26.2 Å². The third-order valence-corrected chi connectivity index (χ3v) is 6.65. The van der Waals surface area contributed by atoms with Crippen molar-refractivity contribution < 1.29 is 4.79 Å². The summed E-state index contributed by atoms with van der Waals surface area (Å²) in [5, 5.41) is 0. The Bertz CT molecular complexity index is 1250. The molecule has 0 unspecified atom stereocenters. The minimum atomic E-state index is 0.104. The first kappa shape index (κ1) is 21.3. The van der Waals surface area contributed by atoms with E-state index >= 15 is 0 Å². The second-order valence-electron chi connectivity index (χ2n) is 8.90. The van der Waals surface area contributed by atoms with Crippen LogP contribution in [0.4, 0.5) is 0 Å². The summed E-state index contributed by atoms with van der Waals surface area (Å²) in [7, 11) is 0. The largest absolute Gasteiger partial charge is 0.339 e. The maximum Gasteiger partial charge on any atom is 0.253 e. The SMILES string of the molecule is Cc1ccc(-c2cnc3cnc(-c4ccc(C(=O)N5CCC(CCN)CC5)cc4)cn23)cc1. The summed E-state index contributed by atoms with van der Waals surface area (Å²) in [4.78, 5) is 24.0. The lowest BCUT2D eigenvalue weighted by Crippen LogP contribution is -2.38. The highest BCUT2D eigenvalue weighted by molar-refractivity contribution is 5.94. The van der Waals surface area contributed by atoms with Gasteiger partial charge in [0, 0.05) is 36.0 Å². The van der Waals surface area contributed by atoms with Crippen LogP contribution < -0.4 is 5.73 Å². The molecule has 1 amide bonds. The summed E-state index contributed by atoms with van der Waals surface area (Å²) < 4.78 is 2.07. The fraction of sp³-hybridized carbons (Fsp3) is 0.296. The van der Waals surface area contributed by atoms with Gasteiger partial charge in [0.05, 0.1) is 23.8 Å². The van der Waals surface area contributed by atoms with Gasteiger partial charge in [-0.2, -0.15) is 0 Å². The van der Waals surface area contributed by atoms with Gasteiger partial charge in [-0.3, -0.25) is 14.2 Å². The number of hydrogen-bond acceptors (Lipinski definition) is 4. The Morgan fingerprint density at radius 1 is 0.970 bits per heavy atom. The number of carbonyl (C=O) groups is 1. The number of fused-ring (bicyclic) bond motifs is 1. The molecule has 1 fully saturated rings. The number of nitrogens with two attached hydrogens (primary N) is 1. The van der Waals surface area contributed by atoms with Crippen molar-refractivity contribution in [3.05, 3.63) is 78.2 Å². The van der Waals surface area contributed by atoms with Gasteiger partial charge in [-0.1, -0.05) is 42.0 Å². The van der Waals surface area contributed by atoms with Crippen molar-refractivity contribution in [3.8, 4) is 22.5 Å². The summed E-state index contributed by atoms with van der Waals surface area (Å²) in [5.74, 6) is 0.753. The average molecular weight is 440 g/mol. The van der Waals surface area contributed by atoms with Crippen molar-refractivity contribution in [2.24, 2.45) is 11.7 Å². The second kappa shape index (κ2) is 9.16. The predicted octanol–water partition coefficient (Wildman–Crippen LogP) is 4.57. The van der Waals surface area contributed by atoms with Gasteiger partial charge in [0.1, 0.15) is 0 Å². The number of carbonyl (C=O) groups excluding carboxylic acids is 1. The van der Waals surface area contributed by atoms with Crippen LogP contribution >= 0.6 is 0 Å². The number of rotatable bonds is 5. The zero-order valence-electron chi connectivity index (χ0n) is 18.9. The number of hydrogen-bond donors (Lipinski definition) is 1. The van der Waals surface area contributed by atoms with E-state index in [4.69, 9.17) is 5.73 Å². The molecule has 2 aromatic heterocycles. The molecule has 0 bridgehead atoms. The Hall–Kier alpha value is -3.51. The Morgan fingerprint density at radius 2 is 1.67 bits per heavy atom. The predicted molar refractivity (Wildman–Crippen MR) is 131 cm³/mol. The number of likely N-dealkylation sites (tertiary alicyclic amines) is 1. The molecule has 1 aliphatic rings. The molecule has 2 N–H and O–H groups in total. The summed E-state index contributed by atoms with van der Waals surface area (Å²) in [6.07, 6.45) is 8.81. The third kappa shape index (κ3) is 4.39. The van der Waals surface area contributed by atoms with E-state index in [2.05, 4.69) is 45.6 Å². The van der Waals surface area contributed by atoms with E-state index in [1.807, 2.05) is 41.6 Å². The van der Waals surface area contributed by atoms with Gasteiger partial charge in [-0.25, -0.2) is 4.98 Å². The van der Waals surface area contributed by atoms with E-state index in [0.29, 0.717) is 5.92 Å². The van der Waals surface area contributed by atoms with Crippen LogP contribution in [0.2, 0.25) is 0 Å². The highest BCUT2D eigenvalue weighted by atomic mass is 16.2. The van der Waals surface area contributed by atoms with Crippen LogP contribution in [0.5, 0.6) is 0 Å². The van der Waals surface area contributed by atoms with Crippen LogP contribution in [0.1, 0.15) is 35.2 Å². The van der Waals surface area contributed by atoms with Gasteiger partial charge in [-0.05, 0) is 50.8 Å². The van der Waals surface area contributed by atoms with Gasteiger partial charge in [0.15, 0.2) is 5.65 Å². The maximum atomic E-state index is 13.0. The number of piperidine rings is 1. The van der Waals surface area contributed by atoms with E-state index < -0.39 is 0 Å². The van der Waals surface area contributed by atoms with E-state index in [9.17, 15) is 4.79 Å². The number of aryl methyl sites for hydroxylation is 1. The van der Waals surface area contributed by atoms with Crippen LogP contribution in [0.3, 0.4) is 0 Å². The number of amides is 1. The van der Waals surface area contributed by atoms with Crippen LogP contribution in [0, 0.1) is 12.8 Å². The molecule has 0 spiro atoms. The fourth-order valence-electron chi connectivity index (χ4n) is 4.60. The summed E-state index contributed by atoms with van der Waals surface area (Å²) in [5.41, 5.74) is 12.4. The van der Waals surface area contributed by atoms with Gasteiger partial charge in [0.2, 0.25) is 0 Å². The number of imidazole rings is 1. The van der Waals surface area contributed by atoms with Crippen LogP contribution in [0.25, 0.3) is 28.2 Å². The highest BCUT2D eigenvalue weighted by Crippen LogP contribution is 2.25. The van der Waals surface area contributed by atoms with Crippen molar-refractivity contribution in [2.75, 3.05) is 19.6 Å². The topological polar surface area (TPSA) is 76.5 Å². The Balaban J connectivity index is 1.36. The molecule has 6 nitrogen and oxygen atoms in total. The summed E-state index contributed by atoms with van der Waals surface area (Å²) in [6.45, 7) is 4.43. The smallest absolute Gasteiger partial charge is 0.253 e. The first-order chi connectivity index (χ1) is 16.1. The number of benzene rings is 2. The third-order valence-electron chi connectivity index (χ3n) is 6.65. The molecule has 3 heterocycles. The van der Waals surface area contributed by atoms with E-state index in [0.717, 1.165) is 72.6 Å². The Morgan fingerprint density at radius 3 is 2.36 bits per heavy atom. The minimum Gasteiger partial charge on any atom is -0.339 e. The second-order valence-corrected chi connectivity index (χ2v) is 8.90. The fourth-order valence-corrected chi connectivity index (χ4v) is 4.60. The lowest BCUT2D eigenvalue weighted by atomic mass is 9.93. The summed E-state index contributed by atoms with van der Waals surface area (Å²) in [6, 6.07) is 16.2. The molecule has 5 rings (SSSR count). The monoisotopic (exact) mass is 439 g/mol. The van der Waals surface area contributed by atoms with Gasteiger partial charge in [-0.15, -0.1) is 0 Å². The molecule has 1 aliphatic heterocycles. The molecule has 2 aromatic carbocycles. The number of aromatic nitrogens is 3. The van der Waals surface area contributed by atoms with Crippen molar-refractivity contribution in [1.82, 2.24) is 19.3 Å². The van der Waals surface area contributed by atoms with Crippen molar-refractivity contribution in [1.29, 1.82) is 0 Å². The molecule has 0 atom stereocenters. The van der Waals surface area contributed by atoms with Gasteiger partial charge >= 0.3 is 0 Å². The number of nitrogens with zero attached hydrogens (tertiary/aromatic N) is 4. The van der Waals surface area contributed by atoms with Crippen molar-refractivity contribution in [3.63, 3.8) is 0 Å². The normalized spacial score (nSPS) is 14.7. The first-order valence-electron chi connectivity index (χ1n) is 11.6. The lowest BCUT2D eigenvalue weighted by molar-refractivity contribution is 0.0688.